The van der Waals surface area contributed by atoms with Crippen LogP contribution in [0, 0.1) is 0 Å². The van der Waals surface area contributed by atoms with Gasteiger partial charge >= 0.3 is 0 Å². The first-order valence-corrected chi connectivity index (χ1v) is 8.64. The highest BCUT2D eigenvalue weighted by Crippen LogP contribution is 2.27. The molecule has 0 bridgehead atoms. The van der Waals surface area contributed by atoms with E-state index in [0.717, 1.165) is 23.1 Å². The summed E-state index contributed by atoms with van der Waals surface area (Å²) in [6, 6.07) is 13.7. The minimum Gasteiger partial charge on any atom is -0.497 e. The first-order chi connectivity index (χ1) is 12.1. The summed E-state index contributed by atoms with van der Waals surface area (Å²) < 4.78 is 10.9. The maximum absolute atomic E-state index is 12.6. The number of nitrogens with one attached hydrogen (secondary N) is 1. The van der Waals surface area contributed by atoms with Gasteiger partial charge in [0.15, 0.2) is 5.76 Å². The molecule has 1 atom stereocenters. The van der Waals surface area contributed by atoms with Gasteiger partial charge in [-0.05, 0) is 67.1 Å². The van der Waals surface area contributed by atoms with Crippen LogP contribution in [0.1, 0.15) is 46.6 Å². The highest BCUT2D eigenvalue weighted by molar-refractivity contribution is 5.96. The van der Waals surface area contributed by atoms with Gasteiger partial charge in [-0.25, -0.2) is 0 Å². The Kier molecular flexibility index (Phi) is 3.96. The fourth-order valence-electron chi connectivity index (χ4n) is 3.47. The van der Waals surface area contributed by atoms with Crippen molar-refractivity contribution in [3.8, 4) is 5.75 Å². The summed E-state index contributed by atoms with van der Waals surface area (Å²) in [5, 5.41) is 3.89. The van der Waals surface area contributed by atoms with E-state index < -0.39 is 0 Å². The molecule has 0 fully saturated rings. The van der Waals surface area contributed by atoms with Gasteiger partial charge in [-0.3, -0.25) is 4.79 Å². The largest absolute Gasteiger partial charge is 0.497 e. The monoisotopic (exact) mass is 335 g/mol. The van der Waals surface area contributed by atoms with Gasteiger partial charge < -0.3 is 14.5 Å². The molecule has 0 saturated carbocycles. The zero-order valence-corrected chi connectivity index (χ0v) is 14.5. The van der Waals surface area contributed by atoms with Gasteiger partial charge in [-0.15, -0.1) is 0 Å². The quantitative estimate of drug-likeness (QED) is 0.768. The standard InChI is InChI=1S/C21H21NO3/c1-13(15-7-6-14-4-3-5-16(14)10-15)22-21(23)20-12-17-11-18(24-2)8-9-19(17)25-20/h6-13H,3-5H2,1-2H3,(H,22,23). The number of ether oxygens (including phenoxy) is 1. The molecule has 0 aliphatic heterocycles. The fourth-order valence-corrected chi connectivity index (χ4v) is 3.47. The SMILES string of the molecule is COc1ccc2oc(C(=O)NC(C)c3ccc4c(c3)CCC4)cc2c1. The van der Waals surface area contributed by atoms with Crippen LogP contribution >= 0.6 is 0 Å². The predicted molar refractivity (Wildman–Crippen MR) is 97.1 cm³/mol. The number of carbonyl (C=O) groups excluding carboxylic acids is 1. The molecular formula is C21H21NO3. The normalized spacial score (nSPS) is 14.3. The third kappa shape index (κ3) is 3.00. The van der Waals surface area contributed by atoms with E-state index in [1.807, 2.05) is 25.1 Å². The van der Waals surface area contributed by atoms with Crippen LogP contribution in [-0.2, 0) is 12.8 Å². The molecule has 2 aromatic carbocycles. The Balaban J connectivity index is 1.53. The van der Waals surface area contributed by atoms with Crippen LogP contribution < -0.4 is 10.1 Å². The van der Waals surface area contributed by atoms with Crippen molar-refractivity contribution in [2.45, 2.75) is 32.2 Å². The first kappa shape index (κ1) is 15.8. The van der Waals surface area contributed by atoms with E-state index in [-0.39, 0.29) is 11.9 Å². The Morgan fingerprint density at radius 3 is 2.80 bits per heavy atom. The molecule has 128 valence electrons. The van der Waals surface area contributed by atoms with Gasteiger partial charge in [-0.2, -0.15) is 0 Å². The van der Waals surface area contributed by atoms with E-state index >= 15 is 0 Å². The number of methoxy groups -OCH3 is 1. The van der Waals surface area contributed by atoms with Crippen LogP contribution in [0.3, 0.4) is 0 Å². The van der Waals surface area contributed by atoms with Crippen LogP contribution in [0.5, 0.6) is 5.75 Å². The van der Waals surface area contributed by atoms with Crippen LogP contribution in [0.4, 0.5) is 0 Å². The Hall–Kier alpha value is -2.75. The molecule has 0 spiro atoms. The summed E-state index contributed by atoms with van der Waals surface area (Å²) in [6.07, 6.45) is 3.52. The zero-order chi connectivity index (χ0) is 17.4. The van der Waals surface area contributed by atoms with Gasteiger partial charge in [0, 0.05) is 5.39 Å². The van der Waals surface area contributed by atoms with Gasteiger partial charge in [0.2, 0.25) is 0 Å². The molecule has 1 N–H and O–H groups in total. The summed E-state index contributed by atoms with van der Waals surface area (Å²) >= 11 is 0. The maximum atomic E-state index is 12.6. The molecule has 4 heteroatoms. The number of hydrogen-bond acceptors (Lipinski definition) is 3. The lowest BCUT2D eigenvalue weighted by atomic mass is 10.0. The van der Waals surface area contributed by atoms with Crippen LogP contribution in [0.25, 0.3) is 11.0 Å². The molecule has 1 heterocycles. The molecule has 0 saturated heterocycles. The summed E-state index contributed by atoms with van der Waals surface area (Å²) in [5.74, 6) is 0.853. The Morgan fingerprint density at radius 2 is 1.96 bits per heavy atom. The number of aryl methyl sites for hydroxylation is 2. The third-order valence-electron chi connectivity index (χ3n) is 4.92. The summed E-state index contributed by atoms with van der Waals surface area (Å²) in [5.41, 5.74) is 4.66. The van der Waals surface area contributed by atoms with E-state index in [0.29, 0.717) is 11.3 Å². The van der Waals surface area contributed by atoms with Crippen molar-refractivity contribution in [1.29, 1.82) is 0 Å². The van der Waals surface area contributed by atoms with Crippen molar-refractivity contribution in [2.75, 3.05) is 7.11 Å². The van der Waals surface area contributed by atoms with E-state index in [1.165, 1.54) is 24.0 Å². The second-order valence-electron chi connectivity index (χ2n) is 6.59. The molecule has 4 rings (SSSR count). The molecule has 4 nitrogen and oxygen atoms in total. The molecule has 1 unspecified atom stereocenters. The number of amides is 1. The van der Waals surface area contributed by atoms with Crippen molar-refractivity contribution < 1.29 is 13.9 Å². The molecule has 25 heavy (non-hydrogen) atoms. The van der Waals surface area contributed by atoms with Crippen LogP contribution in [0.15, 0.2) is 46.9 Å². The topological polar surface area (TPSA) is 51.5 Å². The minimum absolute atomic E-state index is 0.0684. The number of fused-ring (bicyclic) bond motifs is 2. The van der Waals surface area contributed by atoms with E-state index in [4.69, 9.17) is 9.15 Å². The van der Waals surface area contributed by atoms with Gasteiger partial charge in [0.1, 0.15) is 11.3 Å². The smallest absolute Gasteiger partial charge is 0.287 e. The Morgan fingerprint density at radius 1 is 1.12 bits per heavy atom. The first-order valence-electron chi connectivity index (χ1n) is 8.64. The Bertz CT molecular complexity index is 941. The average Bonchev–Trinajstić information content (AvgIpc) is 3.26. The van der Waals surface area contributed by atoms with E-state index in [2.05, 4.69) is 23.5 Å². The van der Waals surface area contributed by atoms with E-state index in [1.54, 1.807) is 13.2 Å². The minimum atomic E-state index is -0.205. The summed E-state index contributed by atoms with van der Waals surface area (Å²) in [7, 11) is 1.62. The number of benzene rings is 2. The number of rotatable bonds is 4. The van der Waals surface area contributed by atoms with Gasteiger partial charge in [-0.1, -0.05) is 18.2 Å². The fraction of sp³-hybridized carbons (Fsp3) is 0.286. The highest BCUT2D eigenvalue weighted by atomic mass is 16.5. The lowest BCUT2D eigenvalue weighted by Gasteiger charge is -2.14. The molecule has 1 aliphatic rings. The second-order valence-corrected chi connectivity index (χ2v) is 6.59. The van der Waals surface area contributed by atoms with Crippen molar-refractivity contribution in [3.05, 3.63) is 64.9 Å². The van der Waals surface area contributed by atoms with Gasteiger partial charge in [0.25, 0.3) is 5.91 Å². The van der Waals surface area contributed by atoms with Crippen molar-refractivity contribution >= 4 is 16.9 Å². The van der Waals surface area contributed by atoms with Crippen molar-refractivity contribution in [3.63, 3.8) is 0 Å². The zero-order valence-electron chi connectivity index (χ0n) is 14.5. The Labute approximate surface area is 146 Å². The molecule has 1 aromatic heterocycles. The predicted octanol–water partition coefficient (Wildman–Crippen LogP) is 4.42. The van der Waals surface area contributed by atoms with Crippen LogP contribution in [0.2, 0.25) is 0 Å². The molecule has 0 radical (unpaired) electrons. The van der Waals surface area contributed by atoms with Crippen molar-refractivity contribution in [2.24, 2.45) is 0 Å². The molecule has 3 aromatic rings. The molecule has 1 aliphatic carbocycles. The summed E-state index contributed by atoms with van der Waals surface area (Å²) in [6.45, 7) is 2.00. The summed E-state index contributed by atoms with van der Waals surface area (Å²) in [4.78, 5) is 12.6. The lowest BCUT2D eigenvalue weighted by Crippen LogP contribution is -2.26. The maximum Gasteiger partial charge on any atom is 0.287 e. The lowest BCUT2D eigenvalue weighted by molar-refractivity contribution is 0.0914. The van der Waals surface area contributed by atoms with Crippen LogP contribution in [-0.4, -0.2) is 13.0 Å². The second kappa shape index (κ2) is 6.28. The van der Waals surface area contributed by atoms with E-state index in [9.17, 15) is 4.79 Å². The highest BCUT2D eigenvalue weighted by Gasteiger charge is 2.18. The third-order valence-corrected chi connectivity index (χ3v) is 4.92. The number of hydrogen-bond donors (Lipinski definition) is 1. The average molecular weight is 335 g/mol. The molecular weight excluding hydrogens is 314 g/mol. The number of furan rings is 1. The number of carbonyl (C=O) groups is 1. The molecule has 1 amide bonds. The van der Waals surface area contributed by atoms with Crippen molar-refractivity contribution in [1.82, 2.24) is 5.32 Å². The van der Waals surface area contributed by atoms with Gasteiger partial charge in [0.05, 0.1) is 13.2 Å².